The maximum Gasteiger partial charge on any atom is 0.242 e. The molecule has 0 aliphatic carbocycles. The van der Waals surface area contributed by atoms with E-state index < -0.39 is 10.0 Å². The number of sulfonamides is 1. The Morgan fingerprint density at radius 1 is 1.00 bits per heavy atom. The van der Waals surface area contributed by atoms with Gasteiger partial charge in [0.2, 0.25) is 21.7 Å². The molecule has 3 aromatic rings. The predicted molar refractivity (Wildman–Crippen MR) is 94.4 cm³/mol. The first kappa shape index (κ1) is 17.3. The number of nitrogens with one attached hydrogen (secondary N) is 1. The van der Waals surface area contributed by atoms with Crippen LogP contribution in [-0.2, 0) is 16.6 Å². The van der Waals surface area contributed by atoms with Gasteiger partial charge in [0.15, 0.2) is 0 Å². The van der Waals surface area contributed by atoms with E-state index in [1.807, 2.05) is 45.0 Å². The first-order chi connectivity index (χ1) is 11.9. The van der Waals surface area contributed by atoms with Crippen LogP contribution < -0.4 is 4.72 Å². The zero-order valence-corrected chi connectivity index (χ0v) is 15.1. The van der Waals surface area contributed by atoms with Crippen molar-refractivity contribution in [2.75, 3.05) is 0 Å². The van der Waals surface area contributed by atoms with Crippen LogP contribution in [0.5, 0.6) is 0 Å². The summed E-state index contributed by atoms with van der Waals surface area (Å²) in [7, 11) is -3.64. The van der Waals surface area contributed by atoms with Gasteiger partial charge >= 0.3 is 0 Å². The van der Waals surface area contributed by atoms with E-state index >= 15 is 0 Å². The van der Waals surface area contributed by atoms with Crippen LogP contribution in [0.2, 0.25) is 0 Å². The van der Waals surface area contributed by atoms with E-state index in [1.165, 1.54) is 0 Å². The molecular formula is C18H19N3O3S. The maximum absolute atomic E-state index is 12.4. The average molecular weight is 357 g/mol. The molecule has 7 heteroatoms. The molecule has 0 saturated carbocycles. The molecule has 1 aromatic heterocycles. The molecule has 0 unspecified atom stereocenters. The fourth-order valence-electron chi connectivity index (χ4n) is 2.38. The lowest BCUT2D eigenvalue weighted by Crippen LogP contribution is -2.23. The number of nitrogens with zero attached hydrogens (tertiary/aromatic N) is 2. The van der Waals surface area contributed by atoms with E-state index in [4.69, 9.17) is 4.52 Å². The van der Waals surface area contributed by atoms with Crippen LogP contribution in [0.4, 0.5) is 0 Å². The lowest BCUT2D eigenvalue weighted by Gasteiger charge is -2.07. The lowest BCUT2D eigenvalue weighted by atomic mass is 10.1. The second-order valence-electron chi connectivity index (χ2n) is 5.90. The van der Waals surface area contributed by atoms with E-state index in [2.05, 4.69) is 14.9 Å². The van der Waals surface area contributed by atoms with Gasteiger partial charge in [-0.25, -0.2) is 13.1 Å². The Hall–Kier alpha value is -2.51. The quantitative estimate of drug-likeness (QED) is 0.758. The highest BCUT2D eigenvalue weighted by Gasteiger charge is 2.17. The Morgan fingerprint density at radius 3 is 2.48 bits per heavy atom. The summed E-state index contributed by atoms with van der Waals surface area (Å²) in [6.45, 7) is 5.70. The van der Waals surface area contributed by atoms with Crippen LogP contribution in [0.15, 0.2) is 51.9 Å². The molecule has 0 radical (unpaired) electrons. The van der Waals surface area contributed by atoms with Crippen LogP contribution in [0.3, 0.4) is 0 Å². The van der Waals surface area contributed by atoms with E-state index in [-0.39, 0.29) is 17.3 Å². The fourth-order valence-corrected chi connectivity index (χ4v) is 3.44. The van der Waals surface area contributed by atoms with Crippen molar-refractivity contribution in [2.24, 2.45) is 0 Å². The number of hydrogen-bond acceptors (Lipinski definition) is 5. The summed E-state index contributed by atoms with van der Waals surface area (Å²) in [4.78, 5) is 4.48. The Kier molecular flexibility index (Phi) is 4.69. The Balaban J connectivity index is 1.75. The first-order valence-electron chi connectivity index (χ1n) is 7.82. The summed E-state index contributed by atoms with van der Waals surface area (Å²) in [6, 6.07) is 12.7. The molecule has 0 atom stereocenters. The van der Waals surface area contributed by atoms with E-state index in [9.17, 15) is 8.42 Å². The van der Waals surface area contributed by atoms with Crippen LogP contribution >= 0.6 is 0 Å². The molecule has 0 saturated heterocycles. The van der Waals surface area contributed by atoms with E-state index in [0.717, 1.165) is 22.3 Å². The van der Waals surface area contributed by atoms with Gasteiger partial charge in [-0.15, -0.1) is 0 Å². The van der Waals surface area contributed by atoms with E-state index in [1.54, 1.807) is 18.2 Å². The van der Waals surface area contributed by atoms with Crippen LogP contribution in [0.1, 0.15) is 22.6 Å². The molecule has 0 fully saturated rings. The summed E-state index contributed by atoms with van der Waals surface area (Å²) in [6.07, 6.45) is 0. The third-order valence-electron chi connectivity index (χ3n) is 4.06. The van der Waals surface area contributed by atoms with Crippen molar-refractivity contribution in [2.45, 2.75) is 32.2 Å². The minimum absolute atomic E-state index is 0.0614. The van der Waals surface area contributed by atoms with Crippen molar-refractivity contribution in [1.82, 2.24) is 14.9 Å². The van der Waals surface area contributed by atoms with Crippen LogP contribution in [-0.4, -0.2) is 18.6 Å². The van der Waals surface area contributed by atoms with Gasteiger partial charge in [0.25, 0.3) is 0 Å². The number of aryl methyl sites for hydroxylation is 3. The maximum atomic E-state index is 12.4. The summed E-state index contributed by atoms with van der Waals surface area (Å²) in [5.74, 6) is 0.657. The molecule has 130 valence electrons. The number of aromatic nitrogens is 2. The van der Waals surface area contributed by atoms with Gasteiger partial charge < -0.3 is 4.52 Å². The van der Waals surface area contributed by atoms with Crippen molar-refractivity contribution in [3.8, 4) is 11.4 Å². The molecule has 0 bridgehead atoms. The third kappa shape index (κ3) is 3.78. The Morgan fingerprint density at radius 2 is 1.76 bits per heavy atom. The molecule has 1 heterocycles. The summed E-state index contributed by atoms with van der Waals surface area (Å²) in [5.41, 5.74) is 3.83. The topological polar surface area (TPSA) is 85.1 Å². The third-order valence-corrected chi connectivity index (χ3v) is 5.46. The van der Waals surface area contributed by atoms with Gasteiger partial charge in [-0.05, 0) is 49.6 Å². The monoisotopic (exact) mass is 357 g/mol. The molecule has 0 spiro atoms. The minimum atomic E-state index is -3.64. The SMILES string of the molecule is Cc1ccc(S(=O)(=O)NCc2nc(-c3ccccc3C)no2)cc1C. The number of benzene rings is 2. The summed E-state index contributed by atoms with van der Waals surface area (Å²) >= 11 is 0. The smallest absolute Gasteiger partial charge is 0.242 e. The molecule has 2 aromatic carbocycles. The normalized spacial score (nSPS) is 11.6. The standard InChI is InChI=1S/C18H19N3O3S/c1-12-8-9-15(10-14(12)3)25(22,23)19-11-17-20-18(21-24-17)16-7-5-4-6-13(16)2/h4-10,19H,11H2,1-3H3. The minimum Gasteiger partial charge on any atom is -0.338 e. The van der Waals surface area contributed by atoms with Gasteiger partial charge in [-0.2, -0.15) is 4.98 Å². The van der Waals surface area contributed by atoms with Crippen LogP contribution in [0, 0.1) is 20.8 Å². The van der Waals surface area contributed by atoms with Crippen molar-refractivity contribution in [3.63, 3.8) is 0 Å². The van der Waals surface area contributed by atoms with Crippen molar-refractivity contribution < 1.29 is 12.9 Å². The summed E-state index contributed by atoms with van der Waals surface area (Å²) in [5, 5.41) is 3.93. The average Bonchev–Trinajstić information content (AvgIpc) is 3.05. The van der Waals surface area contributed by atoms with Crippen molar-refractivity contribution in [1.29, 1.82) is 0 Å². The van der Waals surface area contributed by atoms with Crippen molar-refractivity contribution in [3.05, 3.63) is 65.0 Å². The number of hydrogen-bond donors (Lipinski definition) is 1. The highest BCUT2D eigenvalue weighted by molar-refractivity contribution is 7.89. The summed E-state index contributed by atoms with van der Waals surface area (Å²) < 4.78 is 32.5. The highest BCUT2D eigenvalue weighted by atomic mass is 32.2. The number of rotatable bonds is 5. The zero-order chi connectivity index (χ0) is 18.0. The Bertz CT molecular complexity index is 1010. The highest BCUT2D eigenvalue weighted by Crippen LogP contribution is 2.20. The second-order valence-corrected chi connectivity index (χ2v) is 7.66. The second kappa shape index (κ2) is 6.78. The van der Waals surface area contributed by atoms with Gasteiger partial charge in [-0.1, -0.05) is 35.5 Å². The molecule has 25 heavy (non-hydrogen) atoms. The molecular weight excluding hydrogens is 338 g/mol. The van der Waals surface area contributed by atoms with Crippen LogP contribution in [0.25, 0.3) is 11.4 Å². The first-order valence-corrected chi connectivity index (χ1v) is 9.30. The van der Waals surface area contributed by atoms with E-state index in [0.29, 0.717) is 5.82 Å². The van der Waals surface area contributed by atoms with Gasteiger partial charge in [0.1, 0.15) is 0 Å². The van der Waals surface area contributed by atoms with Gasteiger partial charge in [0, 0.05) is 5.56 Å². The largest absolute Gasteiger partial charge is 0.338 e. The van der Waals surface area contributed by atoms with Gasteiger partial charge in [-0.3, -0.25) is 0 Å². The predicted octanol–water partition coefficient (Wildman–Crippen LogP) is 3.14. The zero-order valence-electron chi connectivity index (χ0n) is 14.3. The fraction of sp³-hybridized carbons (Fsp3) is 0.222. The molecule has 0 amide bonds. The van der Waals surface area contributed by atoms with Crippen molar-refractivity contribution >= 4 is 10.0 Å². The lowest BCUT2D eigenvalue weighted by molar-refractivity contribution is 0.376. The van der Waals surface area contributed by atoms with Gasteiger partial charge in [0.05, 0.1) is 11.4 Å². The molecule has 3 rings (SSSR count). The molecule has 1 N–H and O–H groups in total. The molecule has 0 aliphatic heterocycles. The Labute approximate surface area is 147 Å². The molecule has 6 nitrogen and oxygen atoms in total. The molecule has 0 aliphatic rings.